The molecule has 1 aromatic heterocycles. The summed E-state index contributed by atoms with van der Waals surface area (Å²) in [6, 6.07) is 18.5. The molecular formula is C30H33N5O3. The minimum atomic E-state index is 0.136. The molecule has 1 amide bonds. The van der Waals surface area contributed by atoms with E-state index in [-0.39, 0.29) is 18.0 Å². The Morgan fingerprint density at radius 2 is 1.66 bits per heavy atom. The van der Waals surface area contributed by atoms with Gasteiger partial charge in [0.05, 0.1) is 38.2 Å². The summed E-state index contributed by atoms with van der Waals surface area (Å²) in [6.07, 6.45) is 4.64. The number of piperazine rings is 1. The molecule has 3 aromatic carbocycles. The van der Waals surface area contributed by atoms with E-state index < -0.39 is 0 Å². The number of aromatic nitrogens is 2. The number of benzene rings is 3. The van der Waals surface area contributed by atoms with Gasteiger partial charge in [0.1, 0.15) is 5.82 Å². The van der Waals surface area contributed by atoms with Crippen LogP contribution in [0, 0.1) is 0 Å². The Morgan fingerprint density at radius 3 is 2.45 bits per heavy atom. The van der Waals surface area contributed by atoms with E-state index in [1.807, 2.05) is 24.3 Å². The Labute approximate surface area is 222 Å². The molecule has 8 nitrogen and oxygen atoms in total. The first kappa shape index (κ1) is 24.3. The van der Waals surface area contributed by atoms with Crippen molar-refractivity contribution in [2.45, 2.75) is 44.2 Å². The third kappa shape index (κ3) is 4.34. The highest BCUT2D eigenvalue weighted by Crippen LogP contribution is 2.37. The second-order valence-corrected chi connectivity index (χ2v) is 10.2. The van der Waals surface area contributed by atoms with E-state index >= 15 is 0 Å². The largest absolute Gasteiger partial charge is 0.493 e. The van der Waals surface area contributed by atoms with Gasteiger partial charge in [0, 0.05) is 24.5 Å². The zero-order valence-electron chi connectivity index (χ0n) is 21.9. The lowest BCUT2D eigenvalue weighted by Gasteiger charge is -2.50. The SMILES string of the molecule is COc1cc2nc(N3CCN(C(=O)Cc4ccc5ccccc5c4)[C@@H]4CCCC[C@@H]43)nc(N)c2cc1OC. The number of nitrogens with zero attached hydrogens (tertiary/aromatic N) is 4. The molecule has 0 unspecified atom stereocenters. The fourth-order valence-electron chi connectivity index (χ4n) is 6.14. The molecule has 2 N–H and O–H groups in total. The summed E-state index contributed by atoms with van der Waals surface area (Å²) in [6.45, 7) is 1.31. The van der Waals surface area contributed by atoms with Crippen LogP contribution < -0.4 is 20.1 Å². The summed E-state index contributed by atoms with van der Waals surface area (Å²) < 4.78 is 10.9. The van der Waals surface area contributed by atoms with Crippen LogP contribution in [-0.4, -0.2) is 60.2 Å². The van der Waals surface area contributed by atoms with E-state index in [1.165, 1.54) is 10.8 Å². The molecular weight excluding hydrogens is 478 g/mol. The highest BCUT2D eigenvalue weighted by Gasteiger charge is 2.41. The van der Waals surface area contributed by atoms with Crippen LogP contribution in [0.5, 0.6) is 11.5 Å². The maximum atomic E-state index is 13.6. The van der Waals surface area contributed by atoms with Gasteiger partial charge >= 0.3 is 0 Å². The predicted molar refractivity (Wildman–Crippen MR) is 150 cm³/mol. The molecule has 1 aliphatic carbocycles. The predicted octanol–water partition coefficient (Wildman–Crippen LogP) is 4.58. The molecule has 2 heterocycles. The molecule has 38 heavy (non-hydrogen) atoms. The van der Waals surface area contributed by atoms with Crippen LogP contribution in [0.2, 0.25) is 0 Å². The van der Waals surface area contributed by atoms with Gasteiger partial charge in [0.2, 0.25) is 11.9 Å². The van der Waals surface area contributed by atoms with Crippen LogP contribution in [0.15, 0.2) is 54.6 Å². The second kappa shape index (κ2) is 10.0. The number of nitrogens with two attached hydrogens (primary N) is 1. The van der Waals surface area contributed by atoms with E-state index in [2.05, 4.69) is 40.1 Å². The summed E-state index contributed by atoms with van der Waals surface area (Å²) in [7, 11) is 3.20. The molecule has 1 saturated carbocycles. The highest BCUT2D eigenvalue weighted by molar-refractivity contribution is 5.92. The van der Waals surface area contributed by atoms with E-state index in [0.29, 0.717) is 48.3 Å². The summed E-state index contributed by atoms with van der Waals surface area (Å²) in [5, 5.41) is 3.09. The van der Waals surface area contributed by atoms with Gasteiger partial charge in [0.25, 0.3) is 0 Å². The van der Waals surface area contributed by atoms with Crippen molar-refractivity contribution in [3.63, 3.8) is 0 Å². The lowest BCUT2D eigenvalue weighted by atomic mass is 9.86. The average molecular weight is 512 g/mol. The number of hydrogen-bond acceptors (Lipinski definition) is 7. The molecule has 1 aliphatic heterocycles. The fourth-order valence-corrected chi connectivity index (χ4v) is 6.14. The molecule has 2 atom stereocenters. The zero-order valence-corrected chi connectivity index (χ0v) is 21.9. The number of methoxy groups -OCH3 is 2. The van der Waals surface area contributed by atoms with Crippen molar-refractivity contribution in [1.29, 1.82) is 0 Å². The molecule has 0 spiro atoms. The number of nitrogen functional groups attached to an aromatic ring is 1. The topological polar surface area (TPSA) is 93.8 Å². The quantitative estimate of drug-likeness (QED) is 0.419. The van der Waals surface area contributed by atoms with Crippen molar-refractivity contribution < 1.29 is 14.3 Å². The monoisotopic (exact) mass is 511 g/mol. The molecule has 0 radical (unpaired) electrons. The van der Waals surface area contributed by atoms with Crippen LogP contribution in [-0.2, 0) is 11.2 Å². The maximum absolute atomic E-state index is 13.6. The second-order valence-electron chi connectivity index (χ2n) is 10.2. The number of anilines is 2. The van der Waals surface area contributed by atoms with E-state index in [1.54, 1.807) is 14.2 Å². The lowest BCUT2D eigenvalue weighted by Crippen LogP contribution is -2.62. The molecule has 0 bridgehead atoms. The third-order valence-corrected chi connectivity index (χ3v) is 8.04. The minimum Gasteiger partial charge on any atom is -0.493 e. The summed E-state index contributed by atoms with van der Waals surface area (Å²) in [5.74, 6) is 2.40. The van der Waals surface area contributed by atoms with Crippen LogP contribution in [0.4, 0.5) is 11.8 Å². The summed E-state index contributed by atoms with van der Waals surface area (Å²) in [4.78, 5) is 27.6. The smallest absolute Gasteiger partial charge is 0.228 e. The zero-order chi connectivity index (χ0) is 26.2. The van der Waals surface area contributed by atoms with Crippen molar-refractivity contribution >= 4 is 39.3 Å². The van der Waals surface area contributed by atoms with Gasteiger partial charge in [0.15, 0.2) is 11.5 Å². The van der Waals surface area contributed by atoms with Crippen molar-refractivity contribution in [2.24, 2.45) is 0 Å². The Hall–Kier alpha value is -4.07. The Bertz CT molecular complexity index is 1510. The number of amides is 1. The van der Waals surface area contributed by atoms with Gasteiger partial charge in [-0.05, 0) is 35.2 Å². The van der Waals surface area contributed by atoms with Crippen LogP contribution in [0.25, 0.3) is 21.7 Å². The minimum absolute atomic E-state index is 0.136. The summed E-state index contributed by atoms with van der Waals surface area (Å²) >= 11 is 0. The number of hydrogen-bond donors (Lipinski definition) is 1. The molecule has 2 fully saturated rings. The van der Waals surface area contributed by atoms with Crippen LogP contribution >= 0.6 is 0 Å². The molecule has 1 saturated heterocycles. The van der Waals surface area contributed by atoms with Crippen molar-refractivity contribution in [2.75, 3.05) is 37.9 Å². The Morgan fingerprint density at radius 1 is 0.921 bits per heavy atom. The number of fused-ring (bicyclic) bond motifs is 3. The summed E-state index contributed by atoms with van der Waals surface area (Å²) in [5.41, 5.74) is 8.18. The van der Waals surface area contributed by atoms with E-state index in [9.17, 15) is 4.79 Å². The van der Waals surface area contributed by atoms with Crippen molar-refractivity contribution in [3.05, 3.63) is 60.2 Å². The number of rotatable bonds is 5. The first-order valence-corrected chi connectivity index (χ1v) is 13.3. The number of ether oxygens (including phenoxy) is 2. The lowest BCUT2D eigenvalue weighted by molar-refractivity contribution is -0.134. The highest BCUT2D eigenvalue weighted by atomic mass is 16.5. The Balaban J connectivity index is 1.27. The molecule has 8 heteroatoms. The first-order valence-electron chi connectivity index (χ1n) is 13.3. The molecule has 196 valence electrons. The average Bonchev–Trinajstić information content (AvgIpc) is 2.95. The van der Waals surface area contributed by atoms with Gasteiger partial charge in [-0.3, -0.25) is 4.79 Å². The molecule has 2 aliphatic rings. The van der Waals surface area contributed by atoms with Crippen LogP contribution in [0.1, 0.15) is 31.2 Å². The Kier molecular flexibility index (Phi) is 6.39. The number of carbonyl (C=O) groups is 1. The van der Waals surface area contributed by atoms with Gasteiger partial charge in [-0.25, -0.2) is 4.98 Å². The molecule has 4 aromatic rings. The van der Waals surface area contributed by atoms with Gasteiger partial charge in [-0.2, -0.15) is 4.98 Å². The van der Waals surface area contributed by atoms with Crippen LogP contribution in [0.3, 0.4) is 0 Å². The number of carbonyl (C=O) groups excluding carboxylic acids is 1. The van der Waals surface area contributed by atoms with Gasteiger partial charge in [-0.1, -0.05) is 55.3 Å². The van der Waals surface area contributed by atoms with Crippen molar-refractivity contribution in [1.82, 2.24) is 14.9 Å². The fraction of sp³-hybridized carbons (Fsp3) is 0.367. The van der Waals surface area contributed by atoms with Crippen molar-refractivity contribution in [3.8, 4) is 11.5 Å². The van der Waals surface area contributed by atoms with Gasteiger partial charge in [-0.15, -0.1) is 0 Å². The normalized spacial score (nSPS) is 19.4. The van der Waals surface area contributed by atoms with Gasteiger partial charge < -0.3 is 25.0 Å². The molecule has 6 rings (SSSR count). The van der Waals surface area contributed by atoms with E-state index in [4.69, 9.17) is 25.2 Å². The third-order valence-electron chi connectivity index (χ3n) is 8.04. The first-order chi connectivity index (χ1) is 18.6. The standard InChI is InChI=1S/C30H33N5O3/c1-37-26-17-22-23(18-27(26)38-2)32-30(33-29(22)31)35-14-13-34(24-9-5-6-10-25(24)35)28(36)16-19-11-12-20-7-3-4-8-21(20)15-19/h3-4,7-8,11-12,15,17-18,24-25H,5-6,9-10,13-14,16H2,1-2H3,(H2,31,32,33)/t24-,25+/m1/s1. The van der Waals surface area contributed by atoms with E-state index in [0.717, 1.165) is 36.6 Å². The maximum Gasteiger partial charge on any atom is 0.228 e.